The van der Waals surface area contributed by atoms with Crippen molar-refractivity contribution in [2.24, 2.45) is 0 Å². The van der Waals surface area contributed by atoms with Gasteiger partial charge < -0.3 is 10.5 Å². The van der Waals surface area contributed by atoms with Crippen molar-refractivity contribution >= 4 is 16.7 Å². The van der Waals surface area contributed by atoms with Gasteiger partial charge in [0, 0.05) is 5.56 Å². The zero-order valence-electron chi connectivity index (χ0n) is 12.3. The highest BCUT2D eigenvalue weighted by atomic mass is 16.5. The predicted molar refractivity (Wildman–Crippen MR) is 85.4 cm³/mol. The lowest BCUT2D eigenvalue weighted by molar-refractivity contribution is 0.420. The van der Waals surface area contributed by atoms with E-state index < -0.39 is 0 Å². The first-order valence-electron chi connectivity index (χ1n) is 6.77. The van der Waals surface area contributed by atoms with Gasteiger partial charge in [-0.1, -0.05) is 18.2 Å². The SMILES string of the molecule is COc1ccc(-c2cccc(C)c2C)c2ncnc(N)c12. The van der Waals surface area contributed by atoms with Crippen LogP contribution in [0.4, 0.5) is 5.82 Å². The molecule has 106 valence electrons. The van der Waals surface area contributed by atoms with Gasteiger partial charge in [-0.05, 0) is 42.7 Å². The van der Waals surface area contributed by atoms with Gasteiger partial charge >= 0.3 is 0 Å². The predicted octanol–water partition coefficient (Wildman–Crippen LogP) is 3.50. The maximum absolute atomic E-state index is 6.02. The summed E-state index contributed by atoms with van der Waals surface area (Å²) in [6, 6.07) is 10.2. The third-order valence-electron chi connectivity index (χ3n) is 3.89. The summed E-state index contributed by atoms with van der Waals surface area (Å²) in [5.74, 6) is 1.13. The average molecular weight is 279 g/mol. The molecule has 0 atom stereocenters. The second-order valence-corrected chi connectivity index (χ2v) is 5.05. The fraction of sp³-hybridized carbons (Fsp3) is 0.176. The highest BCUT2D eigenvalue weighted by Gasteiger charge is 2.14. The van der Waals surface area contributed by atoms with Crippen molar-refractivity contribution in [3.05, 3.63) is 47.8 Å². The molecule has 0 amide bonds. The van der Waals surface area contributed by atoms with Crippen LogP contribution in [0.3, 0.4) is 0 Å². The number of ether oxygens (including phenoxy) is 1. The summed E-state index contributed by atoms with van der Waals surface area (Å²) in [6.07, 6.45) is 1.49. The minimum absolute atomic E-state index is 0.434. The van der Waals surface area contributed by atoms with Crippen LogP contribution in [-0.4, -0.2) is 17.1 Å². The van der Waals surface area contributed by atoms with Crippen LogP contribution in [0.5, 0.6) is 5.75 Å². The molecule has 4 nitrogen and oxygen atoms in total. The second kappa shape index (κ2) is 5.05. The normalized spacial score (nSPS) is 10.8. The molecule has 1 aromatic heterocycles. The van der Waals surface area contributed by atoms with Crippen LogP contribution in [0.15, 0.2) is 36.7 Å². The minimum Gasteiger partial charge on any atom is -0.496 e. The summed E-state index contributed by atoms with van der Waals surface area (Å²) in [5, 5.41) is 0.762. The molecule has 2 aromatic carbocycles. The van der Waals surface area contributed by atoms with Crippen LogP contribution in [-0.2, 0) is 0 Å². The molecule has 0 aliphatic rings. The van der Waals surface area contributed by atoms with Gasteiger partial charge in [-0.25, -0.2) is 9.97 Å². The third-order valence-corrected chi connectivity index (χ3v) is 3.89. The number of nitrogens with zero attached hydrogens (tertiary/aromatic N) is 2. The van der Waals surface area contributed by atoms with E-state index in [1.54, 1.807) is 7.11 Å². The molecule has 0 radical (unpaired) electrons. The lowest BCUT2D eigenvalue weighted by Gasteiger charge is -2.13. The standard InChI is InChI=1S/C17H17N3O/c1-10-5-4-6-12(11(10)2)13-7-8-14(21-3)15-16(13)19-9-20-17(15)18/h4-9H,1-3H3,(H2,18,19,20). The smallest absolute Gasteiger partial charge is 0.138 e. The Morgan fingerprint density at radius 1 is 1.00 bits per heavy atom. The highest BCUT2D eigenvalue weighted by molar-refractivity contribution is 6.02. The Morgan fingerprint density at radius 3 is 2.57 bits per heavy atom. The summed E-state index contributed by atoms with van der Waals surface area (Å²) in [4.78, 5) is 8.50. The number of aromatic nitrogens is 2. The number of rotatable bonds is 2. The molecule has 0 aliphatic heterocycles. The van der Waals surface area contributed by atoms with E-state index in [4.69, 9.17) is 10.5 Å². The molecular formula is C17H17N3O. The van der Waals surface area contributed by atoms with E-state index in [0.717, 1.165) is 22.0 Å². The van der Waals surface area contributed by atoms with Crippen molar-refractivity contribution in [2.45, 2.75) is 13.8 Å². The van der Waals surface area contributed by atoms with E-state index in [9.17, 15) is 0 Å². The number of anilines is 1. The van der Waals surface area contributed by atoms with Crippen LogP contribution < -0.4 is 10.5 Å². The van der Waals surface area contributed by atoms with Crippen molar-refractivity contribution in [1.29, 1.82) is 0 Å². The van der Waals surface area contributed by atoms with Gasteiger partial charge in [0.2, 0.25) is 0 Å². The lowest BCUT2D eigenvalue weighted by Crippen LogP contribution is -1.98. The monoisotopic (exact) mass is 279 g/mol. The first kappa shape index (κ1) is 13.4. The largest absolute Gasteiger partial charge is 0.496 e. The molecular weight excluding hydrogens is 262 g/mol. The number of nitrogens with two attached hydrogens (primary N) is 1. The number of methoxy groups -OCH3 is 1. The number of fused-ring (bicyclic) bond motifs is 1. The zero-order valence-corrected chi connectivity index (χ0v) is 12.3. The van der Waals surface area contributed by atoms with Gasteiger partial charge in [0.15, 0.2) is 0 Å². The van der Waals surface area contributed by atoms with Gasteiger partial charge in [0.1, 0.15) is 17.9 Å². The fourth-order valence-electron chi connectivity index (χ4n) is 2.60. The number of hydrogen-bond acceptors (Lipinski definition) is 4. The quantitative estimate of drug-likeness (QED) is 0.780. The van der Waals surface area contributed by atoms with Crippen molar-refractivity contribution in [1.82, 2.24) is 9.97 Å². The van der Waals surface area contributed by atoms with Crippen LogP contribution in [0, 0.1) is 13.8 Å². The van der Waals surface area contributed by atoms with Gasteiger partial charge in [-0.15, -0.1) is 0 Å². The highest BCUT2D eigenvalue weighted by Crippen LogP contribution is 2.36. The van der Waals surface area contributed by atoms with E-state index in [-0.39, 0.29) is 0 Å². The van der Waals surface area contributed by atoms with E-state index >= 15 is 0 Å². The zero-order chi connectivity index (χ0) is 15.0. The summed E-state index contributed by atoms with van der Waals surface area (Å²) in [7, 11) is 1.62. The van der Waals surface area contributed by atoms with Gasteiger partial charge in [0.05, 0.1) is 18.0 Å². The molecule has 0 unspecified atom stereocenters. The molecule has 1 heterocycles. The van der Waals surface area contributed by atoms with Crippen LogP contribution >= 0.6 is 0 Å². The molecule has 0 bridgehead atoms. The van der Waals surface area contributed by atoms with Crippen LogP contribution in [0.1, 0.15) is 11.1 Å². The van der Waals surface area contributed by atoms with Gasteiger partial charge in [-0.2, -0.15) is 0 Å². The average Bonchev–Trinajstić information content (AvgIpc) is 2.49. The fourth-order valence-corrected chi connectivity index (χ4v) is 2.60. The van der Waals surface area contributed by atoms with Gasteiger partial charge in [-0.3, -0.25) is 0 Å². The van der Waals surface area contributed by atoms with E-state index in [0.29, 0.717) is 11.6 Å². The summed E-state index contributed by atoms with van der Waals surface area (Å²) in [6.45, 7) is 4.22. The third kappa shape index (κ3) is 2.09. The first-order valence-corrected chi connectivity index (χ1v) is 6.77. The van der Waals surface area contributed by atoms with Crippen molar-refractivity contribution in [2.75, 3.05) is 12.8 Å². The van der Waals surface area contributed by atoms with Crippen LogP contribution in [0.25, 0.3) is 22.0 Å². The Bertz CT molecular complexity index is 828. The Labute approximate surface area is 123 Å². The molecule has 3 aromatic rings. The van der Waals surface area contributed by atoms with Gasteiger partial charge in [0.25, 0.3) is 0 Å². The molecule has 0 aliphatic carbocycles. The number of aryl methyl sites for hydroxylation is 1. The maximum atomic E-state index is 6.02. The molecule has 0 fully saturated rings. The molecule has 3 rings (SSSR count). The second-order valence-electron chi connectivity index (χ2n) is 5.05. The van der Waals surface area contributed by atoms with Crippen LogP contribution in [0.2, 0.25) is 0 Å². The van der Waals surface area contributed by atoms with E-state index in [1.165, 1.54) is 17.5 Å². The minimum atomic E-state index is 0.434. The van der Waals surface area contributed by atoms with Crippen molar-refractivity contribution in [3.8, 4) is 16.9 Å². The number of nitrogen functional groups attached to an aromatic ring is 1. The molecule has 0 saturated carbocycles. The topological polar surface area (TPSA) is 61.0 Å². The first-order chi connectivity index (χ1) is 10.1. The molecule has 0 saturated heterocycles. The van der Waals surface area contributed by atoms with Crippen molar-refractivity contribution in [3.63, 3.8) is 0 Å². The Kier molecular flexibility index (Phi) is 3.22. The van der Waals surface area contributed by atoms with Crippen molar-refractivity contribution < 1.29 is 4.74 Å². The summed E-state index contributed by atoms with van der Waals surface area (Å²) in [5.41, 5.74) is 11.5. The molecule has 2 N–H and O–H groups in total. The van der Waals surface area contributed by atoms with E-state index in [2.05, 4.69) is 42.0 Å². The summed E-state index contributed by atoms with van der Waals surface area (Å²) >= 11 is 0. The molecule has 0 spiro atoms. The molecule has 4 heteroatoms. The van der Waals surface area contributed by atoms with E-state index in [1.807, 2.05) is 12.1 Å². The molecule has 21 heavy (non-hydrogen) atoms. The number of benzene rings is 2. The maximum Gasteiger partial charge on any atom is 0.138 e. The summed E-state index contributed by atoms with van der Waals surface area (Å²) < 4.78 is 5.39. The Morgan fingerprint density at radius 2 is 1.81 bits per heavy atom. The Hall–Kier alpha value is -2.62. The Balaban J connectivity index is 2.40. The number of hydrogen-bond donors (Lipinski definition) is 1. The lowest BCUT2D eigenvalue weighted by atomic mass is 9.95.